The molecule has 0 saturated carbocycles. The van der Waals surface area contributed by atoms with Crippen molar-refractivity contribution in [2.45, 2.75) is 25.6 Å². The highest BCUT2D eigenvalue weighted by molar-refractivity contribution is 7.15. The molecule has 92 valence electrons. The lowest BCUT2D eigenvalue weighted by molar-refractivity contribution is -0.132. The third-order valence-corrected chi connectivity index (χ3v) is 3.26. The van der Waals surface area contributed by atoms with E-state index in [-0.39, 0.29) is 6.54 Å². The van der Waals surface area contributed by atoms with E-state index in [9.17, 15) is 18.3 Å². The van der Waals surface area contributed by atoms with Gasteiger partial charge >= 0.3 is 6.18 Å². The summed E-state index contributed by atoms with van der Waals surface area (Å²) in [5.41, 5.74) is 0. The van der Waals surface area contributed by atoms with Crippen LogP contribution in [-0.4, -0.2) is 29.9 Å². The van der Waals surface area contributed by atoms with Gasteiger partial charge in [0, 0.05) is 19.8 Å². The summed E-state index contributed by atoms with van der Waals surface area (Å²) in [6.07, 6.45) is -4.18. The van der Waals surface area contributed by atoms with Crippen molar-refractivity contribution >= 4 is 16.5 Å². The molecule has 0 aromatic carbocycles. The van der Waals surface area contributed by atoms with Crippen LogP contribution in [0.25, 0.3) is 0 Å². The van der Waals surface area contributed by atoms with Gasteiger partial charge in [-0.25, -0.2) is 4.98 Å². The molecule has 1 aromatic rings. The number of aliphatic hydroxyl groups excluding tert-OH is 1. The van der Waals surface area contributed by atoms with Crippen LogP contribution in [-0.2, 0) is 0 Å². The Morgan fingerprint density at radius 2 is 2.19 bits per heavy atom. The van der Waals surface area contributed by atoms with Gasteiger partial charge in [0.1, 0.15) is 0 Å². The second kappa shape index (κ2) is 5.01. The molecule has 0 aliphatic heterocycles. The zero-order chi connectivity index (χ0) is 12.3. The lowest BCUT2D eigenvalue weighted by Gasteiger charge is -2.16. The smallest absolute Gasteiger partial charge is 0.388 e. The topological polar surface area (TPSA) is 36.4 Å². The average Bonchev–Trinajstić information content (AvgIpc) is 2.61. The highest BCUT2D eigenvalue weighted by Crippen LogP contribution is 2.27. The van der Waals surface area contributed by atoms with Crippen LogP contribution < -0.4 is 4.90 Å². The molecule has 3 nitrogen and oxygen atoms in total. The molecular formula is C9H13F3N2OS. The maximum atomic E-state index is 12.0. The van der Waals surface area contributed by atoms with Crippen LogP contribution >= 0.6 is 11.3 Å². The van der Waals surface area contributed by atoms with E-state index in [1.807, 2.05) is 0 Å². The Morgan fingerprint density at radius 1 is 1.56 bits per heavy atom. The number of halogens is 3. The summed E-state index contributed by atoms with van der Waals surface area (Å²) in [6, 6.07) is 0. The van der Waals surface area contributed by atoms with Crippen molar-refractivity contribution in [1.82, 2.24) is 4.98 Å². The van der Waals surface area contributed by atoms with Crippen LogP contribution in [0.2, 0.25) is 0 Å². The molecule has 0 aliphatic carbocycles. The molecule has 0 saturated heterocycles. The number of hydrogen-bond donors (Lipinski definition) is 1. The number of anilines is 1. The molecule has 0 bridgehead atoms. The molecule has 1 aromatic heterocycles. The fourth-order valence-corrected chi connectivity index (χ4v) is 1.88. The monoisotopic (exact) mass is 254 g/mol. The Hall–Kier alpha value is -0.820. The summed E-state index contributed by atoms with van der Waals surface area (Å²) in [7, 11) is 1.55. The second-order valence-electron chi connectivity index (χ2n) is 3.51. The number of nitrogens with zero attached hydrogens (tertiary/aromatic N) is 2. The van der Waals surface area contributed by atoms with E-state index in [0.29, 0.717) is 10.0 Å². The van der Waals surface area contributed by atoms with Crippen molar-refractivity contribution in [2.75, 3.05) is 18.5 Å². The third kappa shape index (κ3) is 3.97. The van der Waals surface area contributed by atoms with Crippen LogP contribution in [0.1, 0.15) is 24.3 Å². The number of aromatic nitrogens is 1. The predicted molar refractivity (Wildman–Crippen MR) is 56.7 cm³/mol. The van der Waals surface area contributed by atoms with Gasteiger partial charge in [0.25, 0.3) is 0 Å². The Bertz CT molecular complexity index is 338. The van der Waals surface area contributed by atoms with E-state index in [1.54, 1.807) is 14.0 Å². The van der Waals surface area contributed by atoms with Crippen molar-refractivity contribution in [1.29, 1.82) is 0 Å². The van der Waals surface area contributed by atoms with E-state index in [4.69, 9.17) is 0 Å². The molecule has 1 rings (SSSR count). The number of hydrogen-bond acceptors (Lipinski definition) is 4. The van der Waals surface area contributed by atoms with Crippen LogP contribution in [0.15, 0.2) is 6.20 Å². The summed E-state index contributed by atoms with van der Waals surface area (Å²) < 4.78 is 35.9. The molecule has 1 unspecified atom stereocenters. The first kappa shape index (κ1) is 13.2. The molecule has 1 atom stereocenters. The average molecular weight is 254 g/mol. The first-order valence-electron chi connectivity index (χ1n) is 4.71. The molecule has 1 N–H and O–H groups in total. The first-order valence-corrected chi connectivity index (χ1v) is 5.53. The van der Waals surface area contributed by atoms with Gasteiger partial charge < -0.3 is 10.0 Å². The molecular weight excluding hydrogens is 241 g/mol. The van der Waals surface area contributed by atoms with Gasteiger partial charge in [-0.3, -0.25) is 0 Å². The number of alkyl halides is 3. The van der Waals surface area contributed by atoms with Crippen LogP contribution in [0.5, 0.6) is 0 Å². The Labute approximate surface area is 95.5 Å². The standard InChI is InChI=1S/C9H13F3N2OS/c1-6(15)7-5-13-8(16-7)14(2)4-3-9(10,11)12/h5-6,15H,3-4H2,1-2H3. The highest BCUT2D eigenvalue weighted by Gasteiger charge is 2.27. The summed E-state index contributed by atoms with van der Waals surface area (Å²) in [5, 5.41) is 9.74. The lowest BCUT2D eigenvalue weighted by atomic mass is 10.4. The van der Waals surface area contributed by atoms with E-state index >= 15 is 0 Å². The number of thiazole rings is 1. The molecule has 0 spiro atoms. The minimum Gasteiger partial charge on any atom is -0.388 e. The van der Waals surface area contributed by atoms with E-state index in [0.717, 1.165) is 0 Å². The molecule has 0 fully saturated rings. The maximum Gasteiger partial charge on any atom is 0.390 e. The van der Waals surface area contributed by atoms with E-state index < -0.39 is 18.7 Å². The van der Waals surface area contributed by atoms with Crippen molar-refractivity contribution in [3.63, 3.8) is 0 Å². The van der Waals surface area contributed by atoms with Crippen LogP contribution in [0.4, 0.5) is 18.3 Å². The molecule has 0 amide bonds. The number of rotatable bonds is 4. The minimum absolute atomic E-state index is 0.129. The van der Waals surface area contributed by atoms with Gasteiger partial charge in [-0.05, 0) is 6.92 Å². The van der Waals surface area contributed by atoms with Crippen LogP contribution in [0.3, 0.4) is 0 Å². The Morgan fingerprint density at radius 3 is 2.62 bits per heavy atom. The summed E-state index contributed by atoms with van der Waals surface area (Å²) in [5.74, 6) is 0. The van der Waals surface area contributed by atoms with Gasteiger partial charge in [0.2, 0.25) is 0 Å². The maximum absolute atomic E-state index is 12.0. The molecule has 16 heavy (non-hydrogen) atoms. The van der Waals surface area contributed by atoms with E-state index in [1.165, 1.54) is 22.4 Å². The van der Waals surface area contributed by atoms with Gasteiger partial charge in [-0.15, -0.1) is 0 Å². The molecule has 0 aliphatic rings. The normalized spacial score (nSPS) is 13.9. The fourth-order valence-electron chi connectivity index (χ4n) is 1.04. The summed E-state index contributed by atoms with van der Waals surface area (Å²) >= 11 is 1.20. The van der Waals surface area contributed by atoms with Crippen LogP contribution in [0, 0.1) is 0 Å². The zero-order valence-corrected chi connectivity index (χ0v) is 9.77. The first-order chi connectivity index (χ1) is 7.29. The molecule has 1 heterocycles. The molecule has 7 heteroatoms. The van der Waals surface area contributed by atoms with Crippen molar-refractivity contribution in [2.24, 2.45) is 0 Å². The molecule has 0 radical (unpaired) electrons. The Balaban J connectivity index is 2.56. The van der Waals surface area contributed by atoms with Gasteiger partial charge in [-0.2, -0.15) is 13.2 Å². The van der Waals surface area contributed by atoms with Gasteiger partial charge in [0.05, 0.1) is 17.4 Å². The summed E-state index contributed by atoms with van der Waals surface area (Å²) in [6.45, 7) is 1.46. The van der Waals surface area contributed by atoms with Gasteiger partial charge in [0.15, 0.2) is 5.13 Å². The summed E-state index contributed by atoms with van der Waals surface area (Å²) in [4.78, 5) is 6.04. The Kier molecular flexibility index (Phi) is 4.15. The van der Waals surface area contributed by atoms with E-state index in [2.05, 4.69) is 4.98 Å². The predicted octanol–water partition coefficient (Wildman–Crippen LogP) is 2.59. The van der Waals surface area contributed by atoms with Crippen molar-refractivity contribution in [3.05, 3.63) is 11.1 Å². The SMILES string of the molecule is CC(O)c1cnc(N(C)CCC(F)(F)F)s1. The zero-order valence-electron chi connectivity index (χ0n) is 8.95. The quantitative estimate of drug-likeness (QED) is 0.897. The van der Waals surface area contributed by atoms with Crippen molar-refractivity contribution < 1.29 is 18.3 Å². The minimum atomic E-state index is -4.15. The third-order valence-electron chi connectivity index (χ3n) is 1.98. The number of aliphatic hydroxyl groups is 1. The highest BCUT2D eigenvalue weighted by atomic mass is 32.1. The van der Waals surface area contributed by atoms with Gasteiger partial charge in [-0.1, -0.05) is 11.3 Å². The van der Waals surface area contributed by atoms with Crippen molar-refractivity contribution in [3.8, 4) is 0 Å². The lowest BCUT2D eigenvalue weighted by Crippen LogP contribution is -2.23. The second-order valence-corrected chi connectivity index (χ2v) is 4.55. The largest absolute Gasteiger partial charge is 0.390 e. The fraction of sp³-hybridized carbons (Fsp3) is 0.667.